The van der Waals surface area contributed by atoms with Gasteiger partial charge in [-0.3, -0.25) is 0 Å². The molecule has 0 N–H and O–H groups in total. The third kappa shape index (κ3) is 6.88. The van der Waals surface area contributed by atoms with E-state index in [1.54, 1.807) is 30.3 Å². The van der Waals surface area contributed by atoms with Crippen molar-refractivity contribution in [2.45, 2.75) is 64.3 Å². The smallest absolute Gasteiger partial charge is 0.342 e. The van der Waals surface area contributed by atoms with Crippen molar-refractivity contribution >= 4 is 43.6 Å². The molecule has 0 saturated carbocycles. The maximum Gasteiger partial charge on any atom is 0.342 e. The van der Waals surface area contributed by atoms with E-state index in [2.05, 4.69) is 41.5 Å². The average Bonchev–Trinajstić information content (AvgIpc) is 2.78. The maximum atomic E-state index is 13.1. The summed E-state index contributed by atoms with van der Waals surface area (Å²) in [6, 6.07) is 12.4. The molecule has 0 fully saturated rings. The molecular formula is C27H36Cl2O4Si. The van der Waals surface area contributed by atoms with Crippen LogP contribution < -0.4 is 4.74 Å². The fourth-order valence-electron chi connectivity index (χ4n) is 4.70. The second kappa shape index (κ2) is 12.8. The zero-order valence-electron chi connectivity index (χ0n) is 21.1. The third-order valence-electron chi connectivity index (χ3n) is 6.24. The number of hydrogen-bond donors (Lipinski definition) is 0. The molecule has 0 aliphatic heterocycles. The number of para-hydroxylation sites is 1. The Morgan fingerprint density at radius 3 is 2.12 bits per heavy atom. The quantitative estimate of drug-likeness (QED) is 0.219. The van der Waals surface area contributed by atoms with Crippen LogP contribution in [0.3, 0.4) is 0 Å². The topological polar surface area (TPSA) is 44.8 Å². The molecular weight excluding hydrogens is 487 g/mol. The minimum Gasteiger partial charge on any atom is -0.496 e. The van der Waals surface area contributed by atoms with Crippen molar-refractivity contribution in [3.8, 4) is 5.75 Å². The fraction of sp³-hybridized carbons (Fsp3) is 0.444. The molecule has 0 aliphatic rings. The van der Waals surface area contributed by atoms with Gasteiger partial charge in [0.25, 0.3) is 0 Å². The summed E-state index contributed by atoms with van der Waals surface area (Å²) in [5, 5.41) is 0.955. The highest BCUT2D eigenvalue weighted by molar-refractivity contribution is 6.77. The van der Waals surface area contributed by atoms with Crippen molar-refractivity contribution in [1.29, 1.82) is 0 Å². The Balaban J connectivity index is 2.35. The minimum absolute atomic E-state index is 0.277. The normalized spacial score (nSPS) is 13.2. The van der Waals surface area contributed by atoms with E-state index < -0.39 is 20.4 Å². The molecule has 0 heterocycles. The Morgan fingerprint density at radius 1 is 0.941 bits per heavy atom. The molecule has 2 rings (SSSR count). The molecule has 0 aliphatic carbocycles. The fourth-order valence-corrected chi connectivity index (χ4v) is 10.5. The average molecular weight is 524 g/mol. The molecule has 0 unspecified atom stereocenters. The molecule has 0 bridgehead atoms. The lowest BCUT2D eigenvalue weighted by Gasteiger charge is -2.42. The molecule has 1 atom stereocenters. The number of methoxy groups -OCH3 is 1. The molecule has 2 aromatic rings. The maximum absolute atomic E-state index is 13.1. The number of hydrogen-bond acceptors (Lipinski definition) is 4. The van der Waals surface area contributed by atoms with Gasteiger partial charge < -0.3 is 13.9 Å². The Bertz CT molecular complexity index is 967. The number of carbonyl (C=O) groups excluding carboxylic acids is 1. The lowest BCUT2D eigenvalue weighted by molar-refractivity contribution is 0.0279. The first-order valence-corrected chi connectivity index (χ1v) is 14.5. The van der Waals surface area contributed by atoms with Crippen LogP contribution in [0.4, 0.5) is 0 Å². The molecule has 2 aromatic carbocycles. The van der Waals surface area contributed by atoms with Gasteiger partial charge in [0.05, 0.1) is 23.8 Å². The van der Waals surface area contributed by atoms with Crippen molar-refractivity contribution in [3.05, 3.63) is 69.7 Å². The van der Waals surface area contributed by atoms with Crippen LogP contribution in [0.25, 0.3) is 6.08 Å². The van der Waals surface area contributed by atoms with Crippen LogP contribution in [0.2, 0.25) is 26.7 Å². The minimum atomic E-state index is -2.15. The number of carbonyl (C=O) groups is 1. The van der Waals surface area contributed by atoms with Crippen molar-refractivity contribution in [3.63, 3.8) is 0 Å². The Hall–Kier alpha value is -1.79. The summed E-state index contributed by atoms with van der Waals surface area (Å²) in [5.74, 6) is 0.00615. The van der Waals surface area contributed by atoms with Crippen LogP contribution >= 0.6 is 23.2 Å². The lowest BCUT2D eigenvalue weighted by Crippen LogP contribution is -2.49. The van der Waals surface area contributed by atoms with E-state index in [9.17, 15) is 4.79 Å². The van der Waals surface area contributed by atoms with E-state index in [0.717, 1.165) is 5.56 Å². The van der Waals surface area contributed by atoms with Crippen LogP contribution in [-0.2, 0) is 9.16 Å². The van der Waals surface area contributed by atoms with Crippen molar-refractivity contribution in [2.24, 2.45) is 0 Å². The van der Waals surface area contributed by atoms with E-state index in [1.165, 1.54) is 7.11 Å². The van der Waals surface area contributed by atoms with E-state index in [0.29, 0.717) is 38.0 Å². The summed E-state index contributed by atoms with van der Waals surface area (Å²) in [7, 11) is -0.619. The van der Waals surface area contributed by atoms with Gasteiger partial charge >= 0.3 is 5.97 Å². The zero-order chi connectivity index (χ0) is 25.5. The van der Waals surface area contributed by atoms with E-state index in [1.807, 2.05) is 24.3 Å². The van der Waals surface area contributed by atoms with Gasteiger partial charge in [-0.2, -0.15) is 0 Å². The van der Waals surface area contributed by atoms with Crippen LogP contribution in [0.15, 0.2) is 48.5 Å². The van der Waals surface area contributed by atoms with Crippen LogP contribution in [0, 0.1) is 0 Å². The molecule has 0 saturated heterocycles. The standard InChI is InChI=1S/C27H36Cl2O4Si/c1-18(2)34(19(3)4,20(5)6)32-17-22(14-12-21-13-15-24(28)25(29)16-21)33-27(30)23-10-8-9-11-26(23)31-7/h8-16,18-20,22H,17H2,1-7H3/b14-12+/t22-/m1/s1. The van der Waals surface area contributed by atoms with Gasteiger partial charge in [0.15, 0.2) is 0 Å². The highest BCUT2D eigenvalue weighted by Gasteiger charge is 2.45. The van der Waals surface area contributed by atoms with Gasteiger partial charge in [-0.1, -0.05) is 89.0 Å². The molecule has 7 heteroatoms. The van der Waals surface area contributed by atoms with E-state index in [-0.39, 0.29) is 6.61 Å². The number of rotatable bonds is 11. The summed E-state index contributed by atoms with van der Waals surface area (Å²) >= 11 is 12.2. The molecule has 186 valence electrons. The number of ether oxygens (including phenoxy) is 2. The summed E-state index contributed by atoms with van der Waals surface area (Å²) in [6.45, 7) is 13.7. The third-order valence-corrected chi connectivity index (χ3v) is 13.1. The molecule has 0 radical (unpaired) electrons. The van der Waals surface area contributed by atoms with E-state index >= 15 is 0 Å². The monoisotopic (exact) mass is 522 g/mol. The predicted octanol–water partition coefficient (Wildman–Crippen LogP) is 8.43. The first-order valence-electron chi connectivity index (χ1n) is 11.6. The Kier molecular flexibility index (Phi) is 10.7. The molecule has 0 amide bonds. The van der Waals surface area contributed by atoms with Crippen molar-refractivity contribution < 1.29 is 18.7 Å². The second-order valence-corrected chi connectivity index (χ2v) is 15.6. The number of benzene rings is 2. The zero-order valence-corrected chi connectivity index (χ0v) is 23.6. The van der Waals surface area contributed by atoms with Crippen LogP contribution in [0.1, 0.15) is 57.5 Å². The van der Waals surface area contributed by atoms with E-state index in [4.69, 9.17) is 37.1 Å². The molecule has 0 spiro atoms. The van der Waals surface area contributed by atoms with Gasteiger partial charge in [0, 0.05) is 0 Å². The van der Waals surface area contributed by atoms with Gasteiger partial charge in [0.2, 0.25) is 8.32 Å². The van der Waals surface area contributed by atoms with Gasteiger partial charge in [-0.15, -0.1) is 0 Å². The van der Waals surface area contributed by atoms with Crippen molar-refractivity contribution in [1.82, 2.24) is 0 Å². The molecule has 0 aromatic heterocycles. The first kappa shape index (κ1) is 28.4. The van der Waals surface area contributed by atoms with Crippen molar-refractivity contribution in [2.75, 3.05) is 13.7 Å². The summed E-state index contributed by atoms with van der Waals surface area (Å²) in [6.07, 6.45) is 3.12. The van der Waals surface area contributed by atoms with Gasteiger partial charge in [0.1, 0.15) is 17.4 Å². The summed E-state index contributed by atoms with van der Waals surface area (Å²) in [5.41, 5.74) is 2.47. The highest BCUT2D eigenvalue weighted by atomic mass is 35.5. The summed E-state index contributed by atoms with van der Waals surface area (Å²) in [4.78, 5) is 13.1. The van der Waals surface area contributed by atoms with Crippen LogP contribution in [-0.4, -0.2) is 34.1 Å². The SMILES string of the molecule is COc1ccccc1C(=O)O[C@H](/C=C/c1ccc(Cl)c(Cl)c1)CO[Si](C(C)C)(C(C)C)C(C)C. The second-order valence-electron chi connectivity index (χ2n) is 9.31. The number of esters is 1. The Labute approximate surface area is 215 Å². The highest BCUT2D eigenvalue weighted by Crippen LogP contribution is 2.42. The summed E-state index contributed by atoms with van der Waals surface area (Å²) < 4.78 is 18.0. The Morgan fingerprint density at radius 2 is 1.56 bits per heavy atom. The first-order chi connectivity index (χ1) is 16.0. The molecule has 34 heavy (non-hydrogen) atoms. The van der Waals surface area contributed by atoms with Gasteiger partial charge in [-0.05, 0) is 52.5 Å². The largest absolute Gasteiger partial charge is 0.496 e. The number of halogens is 2. The molecule has 4 nitrogen and oxygen atoms in total. The van der Waals surface area contributed by atoms with Gasteiger partial charge in [-0.25, -0.2) is 4.79 Å². The predicted molar refractivity (Wildman–Crippen MR) is 145 cm³/mol. The lowest BCUT2D eigenvalue weighted by atomic mass is 10.2. The van der Waals surface area contributed by atoms with Crippen LogP contribution in [0.5, 0.6) is 5.75 Å².